The maximum absolute atomic E-state index is 12.7. The summed E-state index contributed by atoms with van der Waals surface area (Å²) in [6.45, 7) is 0. The number of methoxy groups -OCH3 is 1. The summed E-state index contributed by atoms with van der Waals surface area (Å²) in [5, 5.41) is 4.15. The molecule has 1 N–H and O–H groups in total. The zero-order valence-corrected chi connectivity index (χ0v) is 17.5. The highest BCUT2D eigenvalue weighted by Crippen LogP contribution is 2.37. The van der Waals surface area contributed by atoms with Gasteiger partial charge in [0.1, 0.15) is 10.6 Å². The lowest BCUT2D eigenvalue weighted by Crippen LogP contribution is -2.21. The lowest BCUT2D eigenvalue weighted by molar-refractivity contribution is -0.128. The highest BCUT2D eigenvalue weighted by atomic mass is 35.5. The number of nitrogens with zero attached hydrogens (tertiary/aromatic N) is 1. The van der Waals surface area contributed by atoms with Crippen LogP contribution in [0.1, 0.15) is 21.7 Å². The molecule has 0 aliphatic carbocycles. The number of benzene rings is 2. The van der Waals surface area contributed by atoms with E-state index in [9.17, 15) is 9.59 Å². The van der Waals surface area contributed by atoms with Gasteiger partial charge in [-0.3, -0.25) is 9.59 Å². The third-order valence-corrected chi connectivity index (χ3v) is 6.04. The van der Waals surface area contributed by atoms with Gasteiger partial charge in [0.2, 0.25) is 5.91 Å². The number of hydrogen-bond acceptors (Lipinski definition) is 4. The molecule has 0 fully saturated rings. The Labute approximate surface area is 172 Å². The molecular formula is C21H21ClN2O3S. The maximum Gasteiger partial charge on any atom is 0.267 e. The average Bonchev–Trinajstić information content (AvgIpc) is 3.03. The monoisotopic (exact) mass is 416 g/mol. The number of thiophene rings is 1. The van der Waals surface area contributed by atoms with Crippen molar-refractivity contribution >= 4 is 50.5 Å². The highest BCUT2D eigenvalue weighted by Gasteiger charge is 2.18. The molecule has 0 unspecified atom stereocenters. The molecule has 0 radical (unpaired) electrons. The number of aryl methyl sites for hydroxylation is 1. The van der Waals surface area contributed by atoms with E-state index >= 15 is 0 Å². The number of halogens is 1. The minimum absolute atomic E-state index is 0.0911. The van der Waals surface area contributed by atoms with Crippen molar-refractivity contribution < 1.29 is 14.3 Å². The molecule has 2 aromatic carbocycles. The van der Waals surface area contributed by atoms with E-state index in [2.05, 4.69) is 5.32 Å². The number of anilines is 1. The van der Waals surface area contributed by atoms with Crippen LogP contribution in [0.5, 0.6) is 5.75 Å². The molecule has 28 heavy (non-hydrogen) atoms. The Bertz CT molecular complexity index is 1010. The summed E-state index contributed by atoms with van der Waals surface area (Å²) >= 11 is 7.74. The predicted octanol–water partition coefficient (Wildman–Crippen LogP) is 4.84. The molecule has 1 heterocycles. The standard InChI is InChI=1S/C21H21ClN2O3S/c1-24(2)18(25)11-6-13-4-7-14(8-5-13)23-21(26)20-19(22)16-10-9-15(27-3)12-17(16)28-20/h4-5,7-10,12H,6,11H2,1-3H3,(H,23,26). The van der Waals surface area contributed by atoms with Gasteiger partial charge in [0, 0.05) is 36.3 Å². The fraction of sp³-hybridized carbons (Fsp3) is 0.238. The molecule has 1 aromatic heterocycles. The second kappa shape index (κ2) is 8.63. The van der Waals surface area contributed by atoms with E-state index in [0.29, 0.717) is 28.4 Å². The Morgan fingerprint density at radius 2 is 1.86 bits per heavy atom. The van der Waals surface area contributed by atoms with Crippen LogP contribution in [0, 0.1) is 0 Å². The highest BCUT2D eigenvalue weighted by molar-refractivity contribution is 7.21. The van der Waals surface area contributed by atoms with Gasteiger partial charge < -0.3 is 15.0 Å². The minimum atomic E-state index is -0.249. The van der Waals surface area contributed by atoms with Gasteiger partial charge >= 0.3 is 0 Å². The third kappa shape index (κ3) is 4.46. The van der Waals surface area contributed by atoms with Gasteiger partial charge in [0.15, 0.2) is 0 Å². The Kier molecular flexibility index (Phi) is 6.21. The van der Waals surface area contributed by atoms with Crippen molar-refractivity contribution in [2.45, 2.75) is 12.8 Å². The zero-order valence-electron chi connectivity index (χ0n) is 15.9. The van der Waals surface area contributed by atoms with Crippen molar-refractivity contribution in [2.24, 2.45) is 0 Å². The topological polar surface area (TPSA) is 58.6 Å². The minimum Gasteiger partial charge on any atom is -0.497 e. The predicted molar refractivity (Wildman–Crippen MR) is 115 cm³/mol. The molecule has 2 amide bonds. The SMILES string of the molecule is COc1ccc2c(Cl)c(C(=O)Nc3ccc(CCC(=O)N(C)C)cc3)sc2c1. The van der Waals surface area contributed by atoms with Crippen LogP contribution in [0.3, 0.4) is 0 Å². The van der Waals surface area contributed by atoms with E-state index in [1.54, 1.807) is 26.1 Å². The Morgan fingerprint density at radius 3 is 2.50 bits per heavy atom. The molecule has 0 saturated carbocycles. The Hall–Kier alpha value is -2.57. The molecule has 5 nitrogen and oxygen atoms in total. The molecule has 146 valence electrons. The number of ether oxygens (including phenoxy) is 1. The van der Waals surface area contributed by atoms with Crippen molar-refractivity contribution in [1.82, 2.24) is 4.90 Å². The zero-order chi connectivity index (χ0) is 20.3. The second-order valence-electron chi connectivity index (χ2n) is 6.55. The van der Waals surface area contributed by atoms with Gasteiger partial charge in [0.05, 0.1) is 12.1 Å². The van der Waals surface area contributed by atoms with Crippen LogP contribution in [0.25, 0.3) is 10.1 Å². The van der Waals surface area contributed by atoms with Crippen molar-refractivity contribution in [3.8, 4) is 5.75 Å². The number of fused-ring (bicyclic) bond motifs is 1. The molecule has 0 spiro atoms. The van der Waals surface area contributed by atoms with Crippen LogP contribution in [-0.4, -0.2) is 37.9 Å². The van der Waals surface area contributed by atoms with Crippen LogP contribution >= 0.6 is 22.9 Å². The fourth-order valence-electron chi connectivity index (χ4n) is 2.74. The molecule has 0 saturated heterocycles. The van der Waals surface area contributed by atoms with Crippen molar-refractivity contribution in [2.75, 3.05) is 26.5 Å². The van der Waals surface area contributed by atoms with Crippen LogP contribution in [-0.2, 0) is 11.2 Å². The molecule has 7 heteroatoms. The van der Waals surface area contributed by atoms with Gasteiger partial charge in [0.25, 0.3) is 5.91 Å². The summed E-state index contributed by atoms with van der Waals surface area (Å²) in [5.41, 5.74) is 1.72. The lowest BCUT2D eigenvalue weighted by atomic mass is 10.1. The molecule has 0 aliphatic heterocycles. The first-order valence-corrected chi connectivity index (χ1v) is 9.95. The number of hydrogen-bond donors (Lipinski definition) is 1. The summed E-state index contributed by atoms with van der Waals surface area (Å²) in [6, 6.07) is 13.0. The van der Waals surface area contributed by atoms with Gasteiger partial charge in [-0.15, -0.1) is 11.3 Å². The quantitative estimate of drug-likeness (QED) is 0.625. The second-order valence-corrected chi connectivity index (χ2v) is 7.98. The van der Waals surface area contributed by atoms with E-state index in [1.807, 2.05) is 42.5 Å². The molecular weight excluding hydrogens is 396 g/mol. The van der Waals surface area contributed by atoms with E-state index in [1.165, 1.54) is 11.3 Å². The fourth-order valence-corrected chi connectivity index (χ4v) is 4.18. The Morgan fingerprint density at radius 1 is 1.14 bits per heavy atom. The van der Waals surface area contributed by atoms with Gasteiger partial charge in [-0.05, 0) is 42.3 Å². The average molecular weight is 417 g/mol. The van der Waals surface area contributed by atoms with Gasteiger partial charge in [-0.2, -0.15) is 0 Å². The number of nitrogens with one attached hydrogen (secondary N) is 1. The maximum atomic E-state index is 12.7. The Balaban J connectivity index is 1.70. The number of carbonyl (C=O) groups excluding carboxylic acids is 2. The van der Waals surface area contributed by atoms with E-state index in [0.717, 1.165) is 21.4 Å². The van der Waals surface area contributed by atoms with Crippen molar-refractivity contribution in [1.29, 1.82) is 0 Å². The van der Waals surface area contributed by atoms with Crippen molar-refractivity contribution in [3.63, 3.8) is 0 Å². The van der Waals surface area contributed by atoms with E-state index in [-0.39, 0.29) is 11.8 Å². The van der Waals surface area contributed by atoms with Gasteiger partial charge in [-0.1, -0.05) is 23.7 Å². The summed E-state index contributed by atoms with van der Waals surface area (Å²) < 4.78 is 6.12. The van der Waals surface area contributed by atoms with Crippen LogP contribution < -0.4 is 10.1 Å². The van der Waals surface area contributed by atoms with Crippen molar-refractivity contribution in [3.05, 3.63) is 57.9 Å². The first-order chi connectivity index (χ1) is 13.4. The smallest absolute Gasteiger partial charge is 0.267 e. The summed E-state index contributed by atoms with van der Waals surface area (Å²) in [4.78, 5) is 26.4. The largest absolute Gasteiger partial charge is 0.497 e. The van der Waals surface area contributed by atoms with E-state index < -0.39 is 0 Å². The number of carbonyl (C=O) groups is 2. The molecule has 3 rings (SSSR count). The van der Waals surface area contributed by atoms with Crippen LogP contribution in [0.2, 0.25) is 5.02 Å². The molecule has 3 aromatic rings. The summed E-state index contributed by atoms with van der Waals surface area (Å²) in [6.07, 6.45) is 1.12. The summed E-state index contributed by atoms with van der Waals surface area (Å²) in [5.74, 6) is 0.565. The lowest BCUT2D eigenvalue weighted by Gasteiger charge is -2.10. The van der Waals surface area contributed by atoms with Crippen LogP contribution in [0.4, 0.5) is 5.69 Å². The summed E-state index contributed by atoms with van der Waals surface area (Å²) in [7, 11) is 5.09. The molecule has 0 bridgehead atoms. The van der Waals surface area contributed by atoms with E-state index in [4.69, 9.17) is 16.3 Å². The molecule has 0 atom stereocenters. The van der Waals surface area contributed by atoms with Gasteiger partial charge in [-0.25, -0.2) is 0 Å². The number of amides is 2. The molecule has 0 aliphatic rings. The third-order valence-electron chi connectivity index (χ3n) is 4.38. The normalized spacial score (nSPS) is 10.7. The van der Waals surface area contributed by atoms with Crippen LogP contribution in [0.15, 0.2) is 42.5 Å². The number of rotatable bonds is 6. The first kappa shape index (κ1) is 20.2. The first-order valence-electron chi connectivity index (χ1n) is 8.75.